The molecule has 0 radical (unpaired) electrons. The van der Waals surface area contributed by atoms with Gasteiger partial charge in [0.1, 0.15) is 0 Å². The Balaban J connectivity index is 2.08. The van der Waals surface area contributed by atoms with Crippen LogP contribution in [0.1, 0.15) is 22.5 Å². The highest BCUT2D eigenvalue weighted by molar-refractivity contribution is 5.90. The summed E-state index contributed by atoms with van der Waals surface area (Å²) in [6.07, 6.45) is 2.88. The van der Waals surface area contributed by atoms with Gasteiger partial charge in [0, 0.05) is 25.8 Å². The number of pyridine rings is 1. The van der Waals surface area contributed by atoms with Crippen LogP contribution >= 0.6 is 0 Å². The number of methoxy groups -OCH3 is 1. The molecule has 1 aliphatic heterocycles. The molecule has 0 aromatic carbocycles. The monoisotopic (exact) mass is 263 g/mol. The summed E-state index contributed by atoms with van der Waals surface area (Å²) in [5.74, 6) is -0.310. The van der Waals surface area contributed by atoms with Gasteiger partial charge >= 0.3 is 5.97 Å². The van der Waals surface area contributed by atoms with E-state index in [4.69, 9.17) is 4.74 Å². The summed E-state index contributed by atoms with van der Waals surface area (Å²) in [5.41, 5.74) is 1.38. The first-order chi connectivity index (χ1) is 9.20. The first-order valence-electron chi connectivity index (χ1n) is 6.64. The Kier molecular flexibility index (Phi) is 4.87. The fourth-order valence-electron chi connectivity index (χ4n) is 2.33. The summed E-state index contributed by atoms with van der Waals surface area (Å²) in [4.78, 5) is 20.7. The van der Waals surface area contributed by atoms with E-state index in [1.54, 1.807) is 18.3 Å². The first-order valence-corrected chi connectivity index (χ1v) is 6.64. The van der Waals surface area contributed by atoms with Crippen LogP contribution in [-0.2, 0) is 11.3 Å². The zero-order chi connectivity index (χ0) is 13.7. The fourth-order valence-corrected chi connectivity index (χ4v) is 2.33. The SMILES string of the molecule is COC(=O)c1cccnc1CN1CCCN(C)CC1. The summed E-state index contributed by atoms with van der Waals surface area (Å²) in [6, 6.07) is 3.55. The number of carbonyl (C=O) groups excluding carboxylic acids is 1. The number of aromatic nitrogens is 1. The Hall–Kier alpha value is -1.46. The van der Waals surface area contributed by atoms with Gasteiger partial charge < -0.3 is 9.64 Å². The number of nitrogens with zero attached hydrogens (tertiary/aromatic N) is 3. The largest absolute Gasteiger partial charge is 0.465 e. The van der Waals surface area contributed by atoms with E-state index in [-0.39, 0.29) is 5.97 Å². The van der Waals surface area contributed by atoms with Crippen molar-refractivity contribution in [1.82, 2.24) is 14.8 Å². The number of hydrogen-bond acceptors (Lipinski definition) is 5. The second-order valence-corrected chi connectivity index (χ2v) is 4.92. The van der Waals surface area contributed by atoms with E-state index in [0.717, 1.165) is 38.3 Å². The number of hydrogen-bond donors (Lipinski definition) is 0. The molecule has 1 aromatic heterocycles. The predicted octanol–water partition coefficient (Wildman–Crippen LogP) is 1.01. The van der Waals surface area contributed by atoms with Gasteiger partial charge in [0.2, 0.25) is 0 Å². The third-order valence-electron chi connectivity index (χ3n) is 3.48. The van der Waals surface area contributed by atoms with Crippen LogP contribution in [0.5, 0.6) is 0 Å². The summed E-state index contributed by atoms with van der Waals surface area (Å²) < 4.78 is 4.80. The smallest absolute Gasteiger partial charge is 0.339 e. The molecule has 1 aromatic rings. The van der Waals surface area contributed by atoms with E-state index in [1.807, 2.05) is 0 Å². The van der Waals surface area contributed by atoms with Gasteiger partial charge in [-0.2, -0.15) is 0 Å². The van der Waals surface area contributed by atoms with Crippen molar-refractivity contribution in [2.75, 3.05) is 40.3 Å². The second-order valence-electron chi connectivity index (χ2n) is 4.92. The third kappa shape index (κ3) is 3.75. The normalized spacial score (nSPS) is 18.0. The highest BCUT2D eigenvalue weighted by atomic mass is 16.5. The van der Waals surface area contributed by atoms with Gasteiger partial charge in [-0.1, -0.05) is 0 Å². The Labute approximate surface area is 114 Å². The second kappa shape index (κ2) is 6.63. The van der Waals surface area contributed by atoms with Gasteiger partial charge in [0.05, 0.1) is 18.4 Å². The average molecular weight is 263 g/mol. The van der Waals surface area contributed by atoms with Crippen LogP contribution in [0.2, 0.25) is 0 Å². The Morgan fingerprint density at radius 1 is 1.37 bits per heavy atom. The van der Waals surface area contributed by atoms with Crippen LogP contribution < -0.4 is 0 Å². The molecule has 0 N–H and O–H groups in total. The lowest BCUT2D eigenvalue weighted by Crippen LogP contribution is -2.29. The van der Waals surface area contributed by atoms with Gasteiger partial charge in [-0.25, -0.2) is 4.79 Å². The maximum Gasteiger partial charge on any atom is 0.339 e. The van der Waals surface area contributed by atoms with Gasteiger partial charge in [-0.15, -0.1) is 0 Å². The molecule has 104 valence electrons. The molecule has 0 amide bonds. The fraction of sp³-hybridized carbons (Fsp3) is 0.571. The molecule has 1 saturated heterocycles. The van der Waals surface area contributed by atoms with Crippen molar-refractivity contribution in [3.63, 3.8) is 0 Å². The van der Waals surface area contributed by atoms with Crippen molar-refractivity contribution in [2.24, 2.45) is 0 Å². The molecule has 2 heterocycles. The van der Waals surface area contributed by atoms with Crippen molar-refractivity contribution in [2.45, 2.75) is 13.0 Å². The highest BCUT2D eigenvalue weighted by Crippen LogP contribution is 2.12. The first kappa shape index (κ1) is 14.0. The molecule has 0 aliphatic carbocycles. The van der Waals surface area contributed by atoms with Crippen molar-refractivity contribution in [3.05, 3.63) is 29.6 Å². The van der Waals surface area contributed by atoms with E-state index in [1.165, 1.54) is 7.11 Å². The molecule has 19 heavy (non-hydrogen) atoms. The van der Waals surface area contributed by atoms with Gasteiger partial charge in [-0.05, 0) is 38.7 Å². The van der Waals surface area contributed by atoms with Gasteiger partial charge in [0.15, 0.2) is 0 Å². The summed E-state index contributed by atoms with van der Waals surface area (Å²) in [6.45, 7) is 4.94. The minimum absolute atomic E-state index is 0.310. The van der Waals surface area contributed by atoms with E-state index in [0.29, 0.717) is 12.1 Å². The molecule has 2 rings (SSSR count). The third-order valence-corrected chi connectivity index (χ3v) is 3.48. The number of esters is 1. The highest BCUT2D eigenvalue weighted by Gasteiger charge is 2.17. The van der Waals surface area contributed by atoms with Crippen LogP contribution in [0.3, 0.4) is 0 Å². The molecule has 5 heteroatoms. The Morgan fingerprint density at radius 2 is 2.21 bits per heavy atom. The average Bonchev–Trinajstić information content (AvgIpc) is 2.63. The van der Waals surface area contributed by atoms with Crippen LogP contribution in [0.25, 0.3) is 0 Å². The lowest BCUT2D eigenvalue weighted by molar-refractivity contribution is 0.0597. The van der Waals surface area contributed by atoms with Crippen LogP contribution in [0.15, 0.2) is 18.3 Å². The quantitative estimate of drug-likeness (QED) is 0.762. The summed E-state index contributed by atoms with van der Waals surface area (Å²) >= 11 is 0. The maximum atomic E-state index is 11.7. The number of carbonyl (C=O) groups is 1. The Bertz CT molecular complexity index is 436. The lowest BCUT2D eigenvalue weighted by Gasteiger charge is -2.20. The van der Waals surface area contributed by atoms with Crippen LogP contribution in [0.4, 0.5) is 0 Å². The zero-order valence-electron chi connectivity index (χ0n) is 11.6. The zero-order valence-corrected chi connectivity index (χ0v) is 11.6. The number of rotatable bonds is 3. The van der Waals surface area contributed by atoms with Crippen molar-refractivity contribution in [3.8, 4) is 0 Å². The van der Waals surface area contributed by atoms with E-state index in [2.05, 4.69) is 21.8 Å². The molecule has 0 atom stereocenters. The molecule has 1 fully saturated rings. The van der Waals surface area contributed by atoms with Crippen molar-refractivity contribution >= 4 is 5.97 Å². The molecule has 0 spiro atoms. The number of likely N-dealkylation sites (N-methyl/N-ethyl adjacent to an activating group) is 1. The van der Waals surface area contributed by atoms with Crippen molar-refractivity contribution < 1.29 is 9.53 Å². The van der Waals surface area contributed by atoms with Crippen LogP contribution in [0, 0.1) is 0 Å². The topological polar surface area (TPSA) is 45.7 Å². The van der Waals surface area contributed by atoms with Gasteiger partial charge in [-0.3, -0.25) is 9.88 Å². The molecule has 5 nitrogen and oxygen atoms in total. The number of ether oxygens (including phenoxy) is 1. The Morgan fingerprint density at radius 3 is 3.00 bits per heavy atom. The molecular weight excluding hydrogens is 242 g/mol. The standard InChI is InChI=1S/C14H21N3O2/c1-16-7-4-8-17(10-9-16)11-13-12(14(18)19-2)5-3-6-15-13/h3,5-6H,4,7-11H2,1-2H3. The summed E-state index contributed by atoms with van der Waals surface area (Å²) in [7, 11) is 3.55. The van der Waals surface area contributed by atoms with E-state index in [9.17, 15) is 4.79 Å². The summed E-state index contributed by atoms with van der Waals surface area (Å²) in [5, 5.41) is 0. The molecule has 0 bridgehead atoms. The van der Waals surface area contributed by atoms with E-state index < -0.39 is 0 Å². The van der Waals surface area contributed by atoms with Crippen molar-refractivity contribution in [1.29, 1.82) is 0 Å². The minimum Gasteiger partial charge on any atom is -0.465 e. The maximum absolute atomic E-state index is 11.7. The predicted molar refractivity (Wildman–Crippen MR) is 73.0 cm³/mol. The molecule has 0 unspecified atom stereocenters. The van der Waals surface area contributed by atoms with Gasteiger partial charge in [0.25, 0.3) is 0 Å². The molecule has 1 aliphatic rings. The van der Waals surface area contributed by atoms with E-state index >= 15 is 0 Å². The molecular formula is C14H21N3O2. The minimum atomic E-state index is -0.310. The lowest BCUT2D eigenvalue weighted by atomic mass is 10.2. The molecule has 0 saturated carbocycles. The van der Waals surface area contributed by atoms with Crippen LogP contribution in [-0.4, -0.2) is 61.1 Å².